The van der Waals surface area contributed by atoms with Crippen molar-refractivity contribution >= 4 is 17.6 Å². The van der Waals surface area contributed by atoms with E-state index >= 15 is 0 Å². The molecule has 1 amide bonds. The Bertz CT molecular complexity index is 561. The third kappa shape index (κ3) is 2.30. The van der Waals surface area contributed by atoms with Crippen LogP contribution in [0.3, 0.4) is 0 Å². The average molecular weight is 273 g/mol. The highest BCUT2D eigenvalue weighted by molar-refractivity contribution is 5.94. The van der Waals surface area contributed by atoms with Gasteiger partial charge in [-0.2, -0.15) is 0 Å². The first-order valence-electron chi connectivity index (χ1n) is 7.24. The topological polar surface area (TPSA) is 66.4 Å². The van der Waals surface area contributed by atoms with Crippen molar-refractivity contribution in [2.45, 2.75) is 44.9 Å². The normalized spacial score (nSPS) is 19.0. The Hall–Kier alpha value is -1.84. The molecule has 1 aromatic carbocycles. The number of aliphatic carboxylic acids is 1. The molecule has 0 heterocycles. The molecule has 0 bridgehead atoms. The molecule has 3 rings (SSSR count). The molecule has 0 saturated heterocycles. The molecule has 106 valence electrons. The van der Waals surface area contributed by atoms with Crippen LogP contribution in [0, 0.1) is 5.41 Å². The first-order valence-corrected chi connectivity index (χ1v) is 7.24. The van der Waals surface area contributed by atoms with Crippen LogP contribution in [0.5, 0.6) is 0 Å². The zero-order valence-corrected chi connectivity index (χ0v) is 11.4. The molecule has 2 aliphatic carbocycles. The van der Waals surface area contributed by atoms with Crippen molar-refractivity contribution < 1.29 is 14.7 Å². The molecule has 4 nitrogen and oxygen atoms in total. The molecule has 0 atom stereocenters. The Labute approximate surface area is 118 Å². The van der Waals surface area contributed by atoms with Crippen LogP contribution in [0.15, 0.2) is 18.2 Å². The fourth-order valence-electron chi connectivity index (χ4n) is 3.23. The summed E-state index contributed by atoms with van der Waals surface area (Å²) in [6.07, 6.45) is 5.57. The van der Waals surface area contributed by atoms with Gasteiger partial charge in [-0.25, -0.2) is 0 Å². The Morgan fingerprint density at radius 3 is 2.55 bits per heavy atom. The number of carboxylic acid groups (broad SMARTS) is 1. The quantitative estimate of drug-likeness (QED) is 0.886. The van der Waals surface area contributed by atoms with Crippen LogP contribution in [0.4, 0.5) is 5.69 Å². The van der Waals surface area contributed by atoms with Crippen LogP contribution in [-0.4, -0.2) is 17.0 Å². The van der Waals surface area contributed by atoms with Crippen molar-refractivity contribution in [2.75, 3.05) is 5.32 Å². The van der Waals surface area contributed by atoms with Crippen LogP contribution in [0.25, 0.3) is 0 Å². The first-order chi connectivity index (χ1) is 9.59. The number of hydrogen-bond donors (Lipinski definition) is 2. The molecule has 1 fully saturated rings. The highest BCUT2D eigenvalue weighted by atomic mass is 16.4. The van der Waals surface area contributed by atoms with E-state index in [0.29, 0.717) is 12.8 Å². The third-order valence-corrected chi connectivity index (χ3v) is 4.65. The SMILES string of the molecule is O=C(CC1(C(=O)O)CCC1)Nc1ccc2c(c1)CCC2. The van der Waals surface area contributed by atoms with Gasteiger partial charge in [0.15, 0.2) is 0 Å². The Kier molecular flexibility index (Phi) is 3.24. The zero-order chi connectivity index (χ0) is 14.2. The lowest BCUT2D eigenvalue weighted by Gasteiger charge is -2.36. The molecule has 2 N–H and O–H groups in total. The van der Waals surface area contributed by atoms with Gasteiger partial charge in [0.1, 0.15) is 0 Å². The molecular weight excluding hydrogens is 254 g/mol. The highest BCUT2D eigenvalue weighted by Crippen LogP contribution is 2.44. The minimum atomic E-state index is -0.840. The Morgan fingerprint density at radius 2 is 1.90 bits per heavy atom. The summed E-state index contributed by atoms with van der Waals surface area (Å²) in [4.78, 5) is 23.3. The molecule has 1 saturated carbocycles. The van der Waals surface area contributed by atoms with Gasteiger partial charge in [0.05, 0.1) is 5.41 Å². The lowest BCUT2D eigenvalue weighted by molar-refractivity contribution is -0.157. The molecule has 0 radical (unpaired) electrons. The largest absolute Gasteiger partial charge is 0.481 e. The molecule has 0 aliphatic heterocycles. The second-order valence-corrected chi connectivity index (χ2v) is 6.00. The van der Waals surface area contributed by atoms with Crippen LogP contribution >= 0.6 is 0 Å². The average Bonchev–Trinajstić information content (AvgIpc) is 2.80. The fraction of sp³-hybridized carbons (Fsp3) is 0.500. The second kappa shape index (κ2) is 4.93. The predicted octanol–water partition coefficient (Wildman–Crippen LogP) is 2.76. The van der Waals surface area contributed by atoms with E-state index in [2.05, 4.69) is 11.4 Å². The maximum Gasteiger partial charge on any atom is 0.310 e. The molecular formula is C16H19NO3. The van der Waals surface area contributed by atoms with E-state index < -0.39 is 11.4 Å². The minimum Gasteiger partial charge on any atom is -0.481 e. The number of fused-ring (bicyclic) bond motifs is 1. The number of benzene rings is 1. The van der Waals surface area contributed by atoms with Crippen LogP contribution in [-0.2, 0) is 22.4 Å². The van der Waals surface area contributed by atoms with E-state index in [1.807, 2.05) is 12.1 Å². The van der Waals surface area contributed by atoms with Crippen LogP contribution < -0.4 is 5.32 Å². The van der Waals surface area contributed by atoms with Crippen molar-refractivity contribution in [3.63, 3.8) is 0 Å². The number of amides is 1. The number of hydrogen-bond acceptors (Lipinski definition) is 2. The van der Waals surface area contributed by atoms with Gasteiger partial charge in [-0.15, -0.1) is 0 Å². The number of aryl methyl sites for hydroxylation is 2. The summed E-state index contributed by atoms with van der Waals surface area (Å²) in [5, 5.41) is 12.1. The van der Waals surface area contributed by atoms with Crippen molar-refractivity contribution in [3.8, 4) is 0 Å². The van der Waals surface area contributed by atoms with Crippen LogP contribution in [0.2, 0.25) is 0 Å². The van der Waals surface area contributed by atoms with Gasteiger partial charge in [0.25, 0.3) is 0 Å². The van der Waals surface area contributed by atoms with Crippen molar-refractivity contribution in [2.24, 2.45) is 5.41 Å². The first kappa shape index (κ1) is 13.2. The standard InChI is InChI=1S/C16H19NO3/c18-14(10-16(15(19)20)7-2-8-16)17-13-6-5-11-3-1-4-12(11)9-13/h5-6,9H,1-4,7-8,10H2,(H,17,18)(H,19,20). The van der Waals surface area contributed by atoms with Gasteiger partial charge >= 0.3 is 5.97 Å². The zero-order valence-electron chi connectivity index (χ0n) is 11.4. The van der Waals surface area contributed by atoms with Gasteiger partial charge in [0.2, 0.25) is 5.91 Å². The van der Waals surface area contributed by atoms with E-state index in [4.69, 9.17) is 0 Å². The minimum absolute atomic E-state index is 0.0828. The summed E-state index contributed by atoms with van der Waals surface area (Å²) in [6.45, 7) is 0. The monoisotopic (exact) mass is 273 g/mol. The van der Waals surface area contributed by atoms with E-state index in [1.54, 1.807) is 0 Å². The smallest absolute Gasteiger partial charge is 0.310 e. The fourth-order valence-corrected chi connectivity index (χ4v) is 3.23. The Balaban J connectivity index is 1.66. The van der Waals surface area contributed by atoms with E-state index in [9.17, 15) is 14.7 Å². The highest BCUT2D eigenvalue weighted by Gasteiger charge is 2.45. The number of rotatable bonds is 4. The summed E-state index contributed by atoms with van der Waals surface area (Å²) in [7, 11) is 0. The third-order valence-electron chi connectivity index (χ3n) is 4.65. The molecule has 2 aliphatic rings. The number of carbonyl (C=O) groups excluding carboxylic acids is 1. The van der Waals surface area contributed by atoms with Gasteiger partial charge in [0, 0.05) is 12.1 Å². The van der Waals surface area contributed by atoms with E-state index in [1.165, 1.54) is 17.5 Å². The summed E-state index contributed by atoms with van der Waals surface area (Å²) in [5.41, 5.74) is 2.64. The molecule has 0 spiro atoms. The van der Waals surface area contributed by atoms with Crippen molar-refractivity contribution in [3.05, 3.63) is 29.3 Å². The Morgan fingerprint density at radius 1 is 1.15 bits per heavy atom. The molecule has 0 unspecified atom stereocenters. The second-order valence-electron chi connectivity index (χ2n) is 6.00. The lowest BCUT2D eigenvalue weighted by atomic mass is 9.66. The van der Waals surface area contributed by atoms with Gasteiger partial charge in [-0.3, -0.25) is 9.59 Å². The summed E-state index contributed by atoms with van der Waals surface area (Å²) in [6, 6.07) is 6.00. The molecule has 1 aromatic rings. The van der Waals surface area contributed by atoms with Crippen LogP contribution in [0.1, 0.15) is 43.2 Å². The summed E-state index contributed by atoms with van der Waals surface area (Å²) in [5.74, 6) is -1.03. The van der Waals surface area contributed by atoms with E-state index in [0.717, 1.165) is 24.9 Å². The summed E-state index contributed by atoms with van der Waals surface area (Å²) >= 11 is 0. The maximum absolute atomic E-state index is 12.1. The molecule has 4 heteroatoms. The van der Waals surface area contributed by atoms with E-state index in [-0.39, 0.29) is 12.3 Å². The summed E-state index contributed by atoms with van der Waals surface area (Å²) < 4.78 is 0. The van der Waals surface area contributed by atoms with Gasteiger partial charge < -0.3 is 10.4 Å². The number of nitrogens with one attached hydrogen (secondary N) is 1. The molecule has 0 aromatic heterocycles. The number of carboxylic acids is 1. The van der Waals surface area contributed by atoms with Crippen molar-refractivity contribution in [1.29, 1.82) is 0 Å². The van der Waals surface area contributed by atoms with Gasteiger partial charge in [-0.05, 0) is 55.4 Å². The number of carbonyl (C=O) groups is 2. The maximum atomic E-state index is 12.1. The number of anilines is 1. The van der Waals surface area contributed by atoms with Crippen molar-refractivity contribution in [1.82, 2.24) is 0 Å². The lowest BCUT2D eigenvalue weighted by Crippen LogP contribution is -2.41. The predicted molar refractivity (Wildman–Crippen MR) is 75.6 cm³/mol. The van der Waals surface area contributed by atoms with Gasteiger partial charge in [-0.1, -0.05) is 12.5 Å². The molecule has 20 heavy (non-hydrogen) atoms.